The molecule has 2 heterocycles. The Morgan fingerprint density at radius 3 is 2.75 bits per heavy atom. The maximum atomic E-state index is 5.47. The lowest BCUT2D eigenvalue weighted by Gasteiger charge is -2.14. The van der Waals surface area contributed by atoms with Crippen LogP contribution in [0.1, 0.15) is 31.4 Å². The van der Waals surface area contributed by atoms with Crippen molar-refractivity contribution < 1.29 is 4.74 Å². The van der Waals surface area contributed by atoms with Crippen molar-refractivity contribution in [2.45, 2.75) is 38.6 Å². The zero-order chi connectivity index (χ0) is 16.5. The second kappa shape index (κ2) is 6.15. The molecule has 5 heteroatoms. The molecule has 2 aromatic heterocycles. The van der Waals surface area contributed by atoms with E-state index in [4.69, 9.17) is 9.84 Å². The number of ether oxygens (including phenoxy) is 1. The van der Waals surface area contributed by atoms with Crippen LogP contribution in [-0.4, -0.2) is 27.7 Å². The first-order valence-electron chi connectivity index (χ1n) is 8.52. The average Bonchev–Trinajstić information content (AvgIpc) is 3.24. The highest BCUT2D eigenvalue weighted by atomic mass is 16.5. The Bertz CT molecular complexity index is 865. The van der Waals surface area contributed by atoms with E-state index < -0.39 is 0 Å². The fraction of sp³-hybridized carbons (Fsp3) is 0.368. The number of hydrogen-bond acceptors (Lipinski definition) is 4. The number of nitrogens with zero attached hydrogens (tertiary/aromatic N) is 3. The highest BCUT2D eigenvalue weighted by Gasteiger charge is 2.18. The molecule has 1 N–H and O–H groups in total. The minimum atomic E-state index is 0.536. The molecule has 124 valence electrons. The van der Waals surface area contributed by atoms with Crippen LogP contribution in [0.4, 0.5) is 5.82 Å². The fourth-order valence-electron chi connectivity index (χ4n) is 3.47. The fourth-order valence-corrected chi connectivity index (χ4v) is 3.47. The number of aromatic nitrogens is 3. The van der Waals surface area contributed by atoms with Crippen molar-refractivity contribution in [3.63, 3.8) is 0 Å². The summed E-state index contributed by atoms with van der Waals surface area (Å²) >= 11 is 0. The topological polar surface area (TPSA) is 51.5 Å². The van der Waals surface area contributed by atoms with E-state index in [-0.39, 0.29) is 0 Å². The van der Waals surface area contributed by atoms with Crippen molar-refractivity contribution in [1.82, 2.24) is 14.6 Å². The predicted molar refractivity (Wildman–Crippen MR) is 95.6 cm³/mol. The van der Waals surface area contributed by atoms with E-state index in [1.165, 1.54) is 25.7 Å². The SMILES string of the molecule is COc1ccccc1-c1cc2nc(C)cc(NC3CCCC3)n2n1. The van der Waals surface area contributed by atoms with Gasteiger partial charge in [-0.3, -0.25) is 0 Å². The van der Waals surface area contributed by atoms with Crippen molar-refractivity contribution in [2.24, 2.45) is 0 Å². The van der Waals surface area contributed by atoms with Crippen LogP contribution < -0.4 is 10.1 Å². The predicted octanol–water partition coefficient (Wildman–Crippen LogP) is 4.07. The van der Waals surface area contributed by atoms with Gasteiger partial charge in [-0.15, -0.1) is 0 Å². The van der Waals surface area contributed by atoms with Gasteiger partial charge in [0.2, 0.25) is 0 Å². The van der Waals surface area contributed by atoms with Crippen LogP contribution in [0.15, 0.2) is 36.4 Å². The summed E-state index contributed by atoms with van der Waals surface area (Å²) in [6.07, 6.45) is 5.06. The Hall–Kier alpha value is -2.56. The molecule has 0 spiro atoms. The molecule has 0 saturated heterocycles. The molecule has 1 aromatic carbocycles. The van der Waals surface area contributed by atoms with Crippen LogP contribution in [0.3, 0.4) is 0 Å². The number of rotatable bonds is 4. The van der Waals surface area contributed by atoms with Crippen molar-refractivity contribution in [3.05, 3.63) is 42.1 Å². The molecule has 0 bridgehead atoms. The lowest BCUT2D eigenvalue weighted by atomic mass is 10.1. The normalized spacial score (nSPS) is 15.1. The molecule has 1 aliphatic carbocycles. The van der Waals surface area contributed by atoms with Gasteiger partial charge in [0, 0.05) is 29.4 Å². The Morgan fingerprint density at radius 1 is 1.17 bits per heavy atom. The molecule has 24 heavy (non-hydrogen) atoms. The maximum Gasteiger partial charge on any atom is 0.158 e. The van der Waals surface area contributed by atoms with E-state index in [0.29, 0.717) is 6.04 Å². The quantitative estimate of drug-likeness (QED) is 0.787. The van der Waals surface area contributed by atoms with Gasteiger partial charge in [-0.1, -0.05) is 25.0 Å². The lowest BCUT2D eigenvalue weighted by molar-refractivity contribution is 0.416. The molecule has 1 fully saturated rings. The zero-order valence-corrected chi connectivity index (χ0v) is 14.1. The number of fused-ring (bicyclic) bond motifs is 1. The van der Waals surface area contributed by atoms with E-state index in [0.717, 1.165) is 34.2 Å². The van der Waals surface area contributed by atoms with E-state index in [1.807, 2.05) is 41.8 Å². The molecule has 3 aromatic rings. The van der Waals surface area contributed by atoms with E-state index in [9.17, 15) is 0 Å². The van der Waals surface area contributed by atoms with E-state index in [2.05, 4.69) is 16.4 Å². The summed E-state index contributed by atoms with van der Waals surface area (Å²) in [7, 11) is 1.68. The molecule has 5 nitrogen and oxygen atoms in total. The van der Waals surface area contributed by atoms with Crippen molar-refractivity contribution in [1.29, 1.82) is 0 Å². The lowest BCUT2D eigenvalue weighted by Crippen LogP contribution is -2.17. The summed E-state index contributed by atoms with van der Waals surface area (Å²) in [5.41, 5.74) is 3.71. The summed E-state index contributed by atoms with van der Waals surface area (Å²) in [6, 6.07) is 12.6. The van der Waals surface area contributed by atoms with Gasteiger partial charge < -0.3 is 10.1 Å². The van der Waals surface area contributed by atoms with Crippen molar-refractivity contribution in [2.75, 3.05) is 12.4 Å². The van der Waals surface area contributed by atoms with Crippen LogP contribution in [0.2, 0.25) is 0 Å². The summed E-state index contributed by atoms with van der Waals surface area (Å²) in [6.45, 7) is 2.02. The van der Waals surface area contributed by atoms with Crippen LogP contribution in [0.25, 0.3) is 16.9 Å². The Kier molecular flexibility index (Phi) is 3.84. The molecular formula is C19H22N4O. The Morgan fingerprint density at radius 2 is 1.96 bits per heavy atom. The molecule has 0 atom stereocenters. The minimum absolute atomic E-state index is 0.536. The monoisotopic (exact) mass is 322 g/mol. The number of aryl methyl sites for hydroxylation is 1. The highest BCUT2D eigenvalue weighted by molar-refractivity contribution is 5.71. The van der Waals surface area contributed by atoms with Gasteiger partial charge in [0.05, 0.1) is 12.8 Å². The molecule has 0 radical (unpaired) electrons. The summed E-state index contributed by atoms with van der Waals surface area (Å²) < 4.78 is 7.38. The second-order valence-corrected chi connectivity index (χ2v) is 6.41. The number of para-hydroxylation sites is 1. The van der Waals surface area contributed by atoms with Crippen LogP contribution in [0, 0.1) is 6.92 Å². The van der Waals surface area contributed by atoms with Crippen molar-refractivity contribution >= 4 is 11.5 Å². The van der Waals surface area contributed by atoms with Gasteiger partial charge >= 0.3 is 0 Å². The Labute approximate surface area is 141 Å². The van der Waals surface area contributed by atoms with Gasteiger partial charge in [-0.2, -0.15) is 9.61 Å². The highest BCUT2D eigenvalue weighted by Crippen LogP contribution is 2.30. The average molecular weight is 322 g/mol. The van der Waals surface area contributed by atoms with Gasteiger partial charge in [0.15, 0.2) is 5.65 Å². The number of anilines is 1. The smallest absolute Gasteiger partial charge is 0.158 e. The van der Waals surface area contributed by atoms with Crippen molar-refractivity contribution in [3.8, 4) is 17.0 Å². The molecule has 0 aliphatic heterocycles. The Balaban J connectivity index is 1.79. The molecule has 4 rings (SSSR count). The van der Waals surface area contributed by atoms with Gasteiger partial charge in [0.25, 0.3) is 0 Å². The van der Waals surface area contributed by atoms with Crippen LogP contribution in [-0.2, 0) is 0 Å². The zero-order valence-electron chi connectivity index (χ0n) is 14.1. The first-order chi connectivity index (χ1) is 11.7. The van der Waals surface area contributed by atoms with E-state index >= 15 is 0 Å². The largest absolute Gasteiger partial charge is 0.496 e. The maximum absolute atomic E-state index is 5.47. The summed E-state index contributed by atoms with van der Waals surface area (Å²) in [5, 5.41) is 8.43. The number of benzene rings is 1. The molecule has 1 saturated carbocycles. The van der Waals surface area contributed by atoms with Crippen LogP contribution in [0.5, 0.6) is 5.75 Å². The number of methoxy groups -OCH3 is 1. The molecule has 0 unspecified atom stereocenters. The van der Waals surface area contributed by atoms with Gasteiger partial charge in [-0.25, -0.2) is 4.98 Å². The standard InChI is InChI=1S/C19H22N4O/c1-13-11-18(21-14-7-3-4-8-14)23-19(20-13)12-16(22-23)15-9-5-6-10-17(15)24-2/h5-6,9-12,14,21H,3-4,7-8H2,1-2H3. The number of hydrogen-bond donors (Lipinski definition) is 1. The van der Waals surface area contributed by atoms with E-state index in [1.54, 1.807) is 7.11 Å². The first kappa shape index (κ1) is 15.0. The third-order valence-electron chi connectivity index (χ3n) is 4.65. The van der Waals surface area contributed by atoms with Gasteiger partial charge in [-0.05, 0) is 31.9 Å². The summed E-state index contributed by atoms with van der Waals surface area (Å²) in [5.74, 6) is 1.84. The van der Waals surface area contributed by atoms with Gasteiger partial charge in [0.1, 0.15) is 11.6 Å². The molecule has 0 amide bonds. The second-order valence-electron chi connectivity index (χ2n) is 6.41. The molecular weight excluding hydrogens is 300 g/mol. The molecule has 1 aliphatic rings. The third-order valence-corrected chi connectivity index (χ3v) is 4.65. The number of nitrogens with one attached hydrogen (secondary N) is 1. The minimum Gasteiger partial charge on any atom is -0.496 e. The summed E-state index contributed by atoms with van der Waals surface area (Å²) in [4.78, 5) is 4.63. The first-order valence-corrected chi connectivity index (χ1v) is 8.52. The third kappa shape index (κ3) is 2.70. The van der Waals surface area contributed by atoms with Crippen LogP contribution >= 0.6 is 0 Å².